The van der Waals surface area contributed by atoms with E-state index >= 15 is 0 Å². The number of halogens is 3. The zero-order valence-electron chi connectivity index (χ0n) is 22.1. The summed E-state index contributed by atoms with van der Waals surface area (Å²) in [5, 5.41) is 0. The molecule has 0 bridgehead atoms. The average Bonchev–Trinajstić information content (AvgIpc) is 2.97. The normalized spacial score (nSPS) is 20.6. The van der Waals surface area contributed by atoms with Crippen molar-refractivity contribution in [3.63, 3.8) is 0 Å². The lowest BCUT2D eigenvalue weighted by atomic mass is 9.96. The summed E-state index contributed by atoms with van der Waals surface area (Å²) in [6, 6.07) is 0.0102. The van der Waals surface area contributed by atoms with E-state index in [1.54, 1.807) is 13.0 Å². The third kappa shape index (κ3) is 9.37. The minimum atomic E-state index is -4.38. The van der Waals surface area contributed by atoms with Crippen molar-refractivity contribution < 1.29 is 18.0 Å². The first kappa shape index (κ1) is 30.7. The lowest BCUT2D eigenvalue weighted by Crippen LogP contribution is -2.47. The van der Waals surface area contributed by atoms with Crippen LogP contribution in [0.2, 0.25) is 0 Å². The number of hydrogen-bond acceptors (Lipinski definition) is 3. The second kappa shape index (κ2) is 13.7. The molecule has 4 nitrogen and oxygen atoms in total. The van der Waals surface area contributed by atoms with Crippen LogP contribution in [0.1, 0.15) is 60.8 Å². The molecular weight excluding hydrogens is 458 g/mol. The van der Waals surface area contributed by atoms with Gasteiger partial charge in [0.1, 0.15) is 5.70 Å². The summed E-state index contributed by atoms with van der Waals surface area (Å²) in [6.45, 7) is 16.2. The Hall–Kier alpha value is -1.33. The predicted molar refractivity (Wildman–Crippen MR) is 140 cm³/mol. The standard InChI is InChI=1S/C24H39F3N3OP.C2H6/c1-6-18(14-19(16-32)24(25,26)27)15-30(22(31)21-10-12-28(21)5)20-8-7-11-29(13-9-20)17-23(2,3)4;1-2/h6,10,14,20H,7-9,11-13,15-17,32H2,1-5H3;1-2H3/b18-6+,19-14+;. The van der Waals surface area contributed by atoms with Crippen molar-refractivity contribution in [3.8, 4) is 0 Å². The number of hydrogen-bond donors (Lipinski definition) is 0. The predicted octanol–water partition coefficient (Wildman–Crippen LogP) is 5.88. The Bertz CT molecular complexity index is 753. The van der Waals surface area contributed by atoms with E-state index in [1.807, 2.05) is 36.8 Å². The number of carbonyl (C=O) groups is 1. The number of amides is 1. The number of alkyl halides is 3. The quantitative estimate of drug-likeness (QED) is 0.321. The van der Waals surface area contributed by atoms with Crippen molar-refractivity contribution in [3.05, 3.63) is 35.1 Å². The van der Waals surface area contributed by atoms with E-state index in [-0.39, 0.29) is 30.1 Å². The van der Waals surface area contributed by atoms with Gasteiger partial charge in [-0.25, -0.2) is 0 Å². The summed E-state index contributed by atoms with van der Waals surface area (Å²) in [6.07, 6.45) is 2.90. The van der Waals surface area contributed by atoms with E-state index in [4.69, 9.17) is 0 Å². The fourth-order valence-corrected chi connectivity index (χ4v) is 4.65. The van der Waals surface area contributed by atoms with Gasteiger partial charge in [-0.2, -0.15) is 13.2 Å². The van der Waals surface area contributed by atoms with Crippen LogP contribution < -0.4 is 0 Å². The summed E-state index contributed by atoms with van der Waals surface area (Å²) in [5.41, 5.74) is 0.762. The maximum Gasteiger partial charge on any atom is 0.413 e. The summed E-state index contributed by atoms with van der Waals surface area (Å²) < 4.78 is 40.0. The van der Waals surface area contributed by atoms with E-state index in [9.17, 15) is 18.0 Å². The van der Waals surface area contributed by atoms with E-state index in [0.717, 1.165) is 45.4 Å². The first-order valence-electron chi connectivity index (χ1n) is 12.4. The highest BCUT2D eigenvalue weighted by atomic mass is 31.0. The molecule has 0 aromatic heterocycles. The summed E-state index contributed by atoms with van der Waals surface area (Å²) >= 11 is 0. The zero-order chi connectivity index (χ0) is 26.1. The monoisotopic (exact) mass is 503 g/mol. The summed E-state index contributed by atoms with van der Waals surface area (Å²) in [4.78, 5) is 19.5. The van der Waals surface area contributed by atoms with Gasteiger partial charge < -0.3 is 14.7 Å². The van der Waals surface area contributed by atoms with Gasteiger partial charge >= 0.3 is 6.18 Å². The van der Waals surface area contributed by atoms with Crippen LogP contribution in [0.4, 0.5) is 13.2 Å². The van der Waals surface area contributed by atoms with Gasteiger partial charge in [-0.15, -0.1) is 9.24 Å². The van der Waals surface area contributed by atoms with Crippen LogP contribution in [0.5, 0.6) is 0 Å². The number of nitrogens with zero attached hydrogens (tertiary/aromatic N) is 3. The van der Waals surface area contributed by atoms with E-state index in [2.05, 4.69) is 34.9 Å². The van der Waals surface area contributed by atoms with E-state index in [0.29, 0.717) is 11.3 Å². The van der Waals surface area contributed by atoms with Gasteiger partial charge in [0.15, 0.2) is 0 Å². The minimum absolute atomic E-state index is 0.0102. The maximum absolute atomic E-state index is 13.4. The Labute approximate surface area is 207 Å². The molecule has 2 heterocycles. The van der Waals surface area contributed by atoms with Gasteiger partial charge in [-0.1, -0.05) is 40.7 Å². The molecule has 2 aliphatic heterocycles. The second-order valence-electron chi connectivity index (χ2n) is 10.1. The van der Waals surface area contributed by atoms with Crippen LogP contribution in [0.3, 0.4) is 0 Å². The molecule has 2 aliphatic rings. The molecule has 0 aliphatic carbocycles. The Balaban J connectivity index is 0.00000281. The van der Waals surface area contributed by atoms with Gasteiger partial charge in [-0.3, -0.25) is 4.79 Å². The molecular formula is C26H45F3N3OP. The van der Waals surface area contributed by atoms with Gasteiger partial charge in [0.05, 0.1) is 0 Å². The Morgan fingerprint density at radius 1 is 1.21 bits per heavy atom. The molecule has 1 fully saturated rings. The third-order valence-electron chi connectivity index (χ3n) is 6.05. The SMILES string of the molecule is C/C=C(\C=C(/CP)C(F)(F)F)CN(C(=O)C1=CCN1C)C1CCCN(CC(C)(C)C)CC1.CC. The number of carbonyl (C=O) groups excluding carboxylic acids is 1. The maximum atomic E-state index is 13.4. The Morgan fingerprint density at radius 2 is 1.85 bits per heavy atom. The third-order valence-corrected chi connectivity index (χ3v) is 6.49. The molecule has 0 N–H and O–H groups in total. The largest absolute Gasteiger partial charge is 0.413 e. The van der Waals surface area contributed by atoms with Crippen molar-refractivity contribution in [1.29, 1.82) is 0 Å². The smallest absolute Gasteiger partial charge is 0.367 e. The molecule has 0 radical (unpaired) electrons. The number of likely N-dealkylation sites (N-methyl/N-ethyl adjacent to an activating group) is 1. The van der Waals surface area contributed by atoms with E-state index < -0.39 is 11.7 Å². The molecule has 2 rings (SSSR count). The van der Waals surface area contributed by atoms with Crippen molar-refractivity contribution in [1.82, 2.24) is 14.7 Å². The number of likely N-dealkylation sites (tertiary alicyclic amines) is 1. The number of rotatable bonds is 7. The van der Waals surface area contributed by atoms with Crippen molar-refractivity contribution >= 4 is 15.1 Å². The van der Waals surface area contributed by atoms with Gasteiger partial charge in [0.25, 0.3) is 5.91 Å². The van der Waals surface area contributed by atoms with Crippen molar-refractivity contribution in [2.45, 2.75) is 73.0 Å². The fourth-order valence-electron chi connectivity index (χ4n) is 4.31. The number of allylic oxidation sites excluding steroid dienone is 2. The fraction of sp³-hybridized carbons (Fsp3) is 0.731. The second-order valence-corrected chi connectivity index (χ2v) is 10.5. The van der Waals surface area contributed by atoms with Crippen LogP contribution in [-0.4, -0.2) is 78.8 Å². The molecule has 8 heteroatoms. The molecule has 2 atom stereocenters. The van der Waals surface area contributed by atoms with Crippen molar-refractivity contribution in [2.75, 3.05) is 45.9 Å². The minimum Gasteiger partial charge on any atom is -0.367 e. The summed E-state index contributed by atoms with van der Waals surface area (Å²) in [7, 11) is 4.03. The van der Waals surface area contributed by atoms with Crippen LogP contribution in [0.25, 0.3) is 0 Å². The highest BCUT2D eigenvalue weighted by Gasteiger charge is 2.34. The lowest BCUT2D eigenvalue weighted by Gasteiger charge is -2.37. The average molecular weight is 504 g/mol. The Kier molecular flexibility index (Phi) is 12.4. The molecule has 196 valence electrons. The molecule has 1 saturated heterocycles. The lowest BCUT2D eigenvalue weighted by molar-refractivity contribution is -0.131. The molecule has 34 heavy (non-hydrogen) atoms. The van der Waals surface area contributed by atoms with Gasteiger partial charge in [-0.05, 0) is 62.0 Å². The molecule has 2 unspecified atom stereocenters. The highest BCUT2D eigenvalue weighted by Crippen LogP contribution is 2.30. The first-order valence-corrected chi connectivity index (χ1v) is 13.2. The summed E-state index contributed by atoms with van der Waals surface area (Å²) in [5.74, 6) is -0.0831. The van der Waals surface area contributed by atoms with Crippen LogP contribution in [-0.2, 0) is 4.79 Å². The Morgan fingerprint density at radius 3 is 2.29 bits per heavy atom. The van der Waals surface area contributed by atoms with Crippen LogP contribution in [0, 0.1) is 5.41 Å². The molecule has 1 amide bonds. The van der Waals surface area contributed by atoms with Gasteiger partial charge in [0.2, 0.25) is 0 Å². The van der Waals surface area contributed by atoms with Crippen LogP contribution in [0.15, 0.2) is 35.1 Å². The zero-order valence-corrected chi connectivity index (χ0v) is 23.3. The van der Waals surface area contributed by atoms with Gasteiger partial charge in [0, 0.05) is 44.8 Å². The highest BCUT2D eigenvalue weighted by molar-refractivity contribution is 7.16. The van der Waals surface area contributed by atoms with Crippen LogP contribution >= 0.6 is 9.24 Å². The molecule has 0 aromatic rings. The molecule has 0 aromatic carbocycles. The topological polar surface area (TPSA) is 26.8 Å². The molecule has 0 spiro atoms. The first-order chi connectivity index (χ1) is 15.9. The molecule has 0 saturated carbocycles. The van der Waals surface area contributed by atoms with E-state index in [1.165, 1.54) is 6.08 Å². The van der Waals surface area contributed by atoms with Crippen molar-refractivity contribution in [2.24, 2.45) is 5.41 Å².